The van der Waals surface area contributed by atoms with Gasteiger partial charge in [0.1, 0.15) is 23.1 Å². The first-order chi connectivity index (χ1) is 12.3. The molecule has 0 fully saturated rings. The first-order valence-electron chi connectivity index (χ1n) is 8.34. The van der Waals surface area contributed by atoms with Gasteiger partial charge < -0.3 is 10.1 Å². The Labute approximate surface area is 152 Å². The van der Waals surface area contributed by atoms with Gasteiger partial charge in [-0.1, -0.05) is 45.0 Å². The summed E-state index contributed by atoms with van der Waals surface area (Å²) in [6.07, 6.45) is 1.52. The van der Waals surface area contributed by atoms with Crippen LogP contribution >= 0.6 is 0 Å². The molecule has 1 aliphatic heterocycles. The lowest BCUT2D eigenvalue weighted by atomic mass is 9.86. The van der Waals surface area contributed by atoms with Crippen LogP contribution in [0.15, 0.2) is 53.2 Å². The third-order valence-corrected chi connectivity index (χ3v) is 4.21. The number of amides is 1. The van der Waals surface area contributed by atoms with Gasteiger partial charge in [-0.05, 0) is 35.3 Å². The predicted octanol–water partition coefficient (Wildman–Crippen LogP) is 4.05. The maximum Gasteiger partial charge on any atom is 0.275 e. The number of rotatable bonds is 3. The first kappa shape index (κ1) is 17.9. The minimum atomic E-state index is -0.405. The monoisotopic (exact) mass is 352 g/mol. The minimum absolute atomic E-state index is 0.0538. The van der Waals surface area contributed by atoms with Crippen LogP contribution in [0.2, 0.25) is 0 Å². The van der Waals surface area contributed by atoms with Crippen molar-refractivity contribution in [2.75, 3.05) is 7.11 Å². The lowest BCUT2D eigenvalue weighted by Crippen LogP contribution is -2.24. The number of carbonyl (C=O) groups is 1. The van der Waals surface area contributed by atoms with Gasteiger partial charge in [0.2, 0.25) is 0 Å². The number of hydrogen-bond acceptors (Lipinski definition) is 3. The summed E-state index contributed by atoms with van der Waals surface area (Å²) in [5.74, 6) is 0.228. The fourth-order valence-electron chi connectivity index (χ4n) is 2.70. The summed E-state index contributed by atoms with van der Waals surface area (Å²) in [5.41, 5.74) is 2.75. The molecule has 1 amide bonds. The smallest absolute Gasteiger partial charge is 0.275 e. The molecule has 0 bridgehead atoms. The third kappa shape index (κ3) is 3.67. The Morgan fingerprint density at radius 1 is 1.12 bits per heavy atom. The number of nitrogens with zero attached hydrogens (tertiary/aromatic N) is 1. The van der Waals surface area contributed by atoms with Crippen molar-refractivity contribution >= 4 is 17.8 Å². The number of halogens is 1. The van der Waals surface area contributed by atoms with Gasteiger partial charge in [-0.25, -0.2) is 9.38 Å². The molecule has 4 nitrogen and oxygen atoms in total. The van der Waals surface area contributed by atoms with Gasteiger partial charge in [0, 0.05) is 11.1 Å². The second-order valence-electron chi connectivity index (χ2n) is 7.16. The Kier molecular flexibility index (Phi) is 4.64. The van der Waals surface area contributed by atoms with E-state index in [2.05, 4.69) is 31.1 Å². The zero-order chi connectivity index (χ0) is 18.9. The van der Waals surface area contributed by atoms with Crippen LogP contribution in [0.1, 0.15) is 37.5 Å². The Bertz CT molecular complexity index is 907. The van der Waals surface area contributed by atoms with E-state index in [1.165, 1.54) is 36.9 Å². The number of aliphatic imine (C=N–C) groups is 1. The molecule has 1 heterocycles. The van der Waals surface area contributed by atoms with Crippen molar-refractivity contribution in [3.8, 4) is 5.75 Å². The van der Waals surface area contributed by atoms with Crippen LogP contribution in [0.5, 0.6) is 5.75 Å². The van der Waals surface area contributed by atoms with Crippen molar-refractivity contribution in [3.63, 3.8) is 0 Å². The lowest BCUT2D eigenvalue weighted by Gasteiger charge is -2.19. The summed E-state index contributed by atoms with van der Waals surface area (Å²) in [6, 6.07) is 12.1. The normalized spacial score (nSPS) is 15.8. The molecule has 5 heteroatoms. The van der Waals surface area contributed by atoms with Crippen molar-refractivity contribution < 1.29 is 13.9 Å². The highest BCUT2D eigenvalue weighted by atomic mass is 19.1. The largest absolute Gasteiger partial charge is 0.496 e. The molecule has 2 aromatic rings. The first-order valence-corrected chi connectivity index (χ1v) is 8.34. The highest BCUT2D eigenvalue weighted by molar-refractivity contribution is 6.19. The SMILES string of the molecule is COc1ccc(F)cc1/C=C1/N=C(c2ccc(C(C)(C)C)cc2)NC1=O. The van der Waals surface area contributed by atoms with Crippen LogP contribution < -0.4 is 10.1 Å². The number of nitrogens with one attached hydrogen (secondary N) is 1. The molecule has 0 spiro atoms. The van der Waals surface area contributed by atoms with Crippen molar-refractivity contribution in [3.05, 3.63) is 70.7 Å². The molecule has 0 aliphatic carbocycles. The lowest BCUT2D eigenvalue weighted by molar-refractivity contribution is -0.115. The van der Waals surface area contributed by atoms with E-state index >= 15 is 0 Å². The molecule has 1 aliphatic rings. The summed E-state index contributed by atoms with van der Waals surface area (Å²) >= 11 is 0. The number of ether oxygens (including phenoxy) is 1. The number of carbonyl (C=O) groups excluding carboxylic acids is 1. The fraction of sp³-hybridized carbons (Fsp3) is 0.238. The zero-order valence-electron chi connectivity index (χ0n) is 15.3. The maximum absolute atomic E-state index is 13.5. The van der Waals surface area contributed by atoms with E-state index in [0.717, 1.165) is 5.56 Å². The van der Waals surface area contributed by atoms with Crippen molar-refractivity contribution in [2.45, 2.75) is 26.2 Å². The van der Waals surface area contributed by atoms with E-state index in [1.807, 2.05) is 24.3 Å². The minimum Gasteiger partial charge on any atom is -0.496 e. The highest BCUT2D eigenvalue weighted by Gasteiger charge is 2.22. The van der Waals surface area contributed by atoms with Gasteiger partial charge in [0.15, 0.2) is 0 Å². The molecule has 3 rings (SSSR count). The Morgan fingerprint density at radius 3 is 2.42 bits per heavy atom. The number of hydrogen-bond donors (Lipinski definition) is 1. The van der Waals surface area contributed by atoms with E-state index < -0.39 is 5.82 Å². The average molecular weight is 352 g/mol. The summed E-state index contributed by atoms with van der Waals surface area (Å²) in [7, 11) is 1.50. The van der Waals surface area contributed by atoms with Crippen LogP contribution in [0.4, 0.5) is 4.39 Å². The topological polar surface area (TPSA) is 50.7 Å². The van der Waals surface area contributed by atoms with Gasteiger partial charge >= 0.3 is 0 Å². The molecule has 0 saturated heterocycles. The maximum atomic E-state index is 13.5. The van der Waals surface area contributed by atoms with Gasteiger partial charge in [-0.2, -0.15) is 0 Å². The van der Waals surface area contributed by atoms with Crippen LogP contribution in [-0.2, 0) is 10.2 Å². The van der Waals surface area contributed by atoms with Crippen LogP contribution in [0.3, 0.4) is 0 Å². The molecule has 134 valence electrons. The van der Waals surface area contributed by atoms with Gasteiger partial charge in [-0.15, -0.1) is 0 Å². The second-order valence-corrected chi connectivity index (χ2v) is 7.16. The number of benzene rings is 2. The van der Waals surface area contributed by atoms with Crippen molar-refractivity contribution in [1.29, 1.82) is 0 Å². The summed E-state index contributed by atoms with van der Waals surface area (Å²) < 4.78 is 18.7. The Hall–Kier alpha value is -2.95. The van der Waals surface area contributed by atoms with E-state index in [9.17, 15) is 9.18 Å². The van der Waals surface area contributed by atoms with E-state index in [1.54, 1.807) is 0 Å². The zero-order valence-corrected chi connectivity index (χ0v) is 15.3. The standard InChI is InChI=1S/C21H21FN2O2/c1-21(2,3)15-7-5-13(6-8-15)19-23-17(20(25)24-19)12-14-11-16(22)9-10-18(14)26-4/h5-12H,1-4H3,(H,23,24,25)/b17-12+. The molecule has 0 saturated carbocycles. The molecule has 2 aromatic carbocycles. The predicted molar refractivity (Wildman–Crippen MR) is 101 cm³/mol. The van der Waals surface area contributed by atoms with Gasteiger partial charge in [-0.3, -0.25) is 4.79 Å². The summed E-state index contributed by atoms with van der Waals surface area (Å²) in [4.78, 5) is 16.6. The van der Waals surface area contributed by atoms with E-state index in [0.29, 0.717) is 17.1 Å². The van der Waals surface area contributed by atoms with Gasteiger partial charge in [0.05, 0.1) is 7.11 Å². The highest BCUT2D eigenvalue weighted by Crippen LogP contribution is 2.25. The van der Waals surface area contributed by atoms with E-state index in [4.69, 9.17) is 4.74 Å². The Balaban J connectivity index is 1.93. The van der Waals surface area contributed by atoms with Crippen molar-refractivity contribution in [2.24, 2.45) is 4.99 Å². The number of amidine groups is 1. The average Bonchev–Trinajstić information content (AvgIpc) is 2.95. The molecule has 0 aromatic heterocycles. The number of methoxy groups -OCH3 is 1. The van der Waals surface area contributed by atoms with Crippen LogP contribution in [0.25, 0.3) is 6.08 Å². The second kappa shape index (κ2) is 6.75. The van der Waals surface area contributed by atoms with Crippen molar-refractivity contribution in [1.82, 2.24) is 5.32 Å². The molecule has 26 heavy (non-hydrogen) atoms. The Morgan fingerprint density at radius 2 is 1.81 bits per heavy atom. The van der Waals surface area contributed by atoms with E-state index in [-0.39, 0.29) is 17.0 Å². The van der Waals surface area contributed by atoms with Crippen LogP contribution in [-0.4, -0.2) is 18.9 Å². The quantitative estimate of drug-likeness (QED) is 0.847. The molecular formula is C21H21FN2O2. The summed E-state index contributed by atoms with van der Waals surface area (Å²) in [6.45, 7) is 6.43. The van der Waals surface area contributed by atoms with Crippen LogP contribution in [0, 0.1) is 5.82 Å². The molecule has 1 N–H and O–H groups in total. The fourth-order valence-corrected chi connectivity index (χ4v) is 2.70. The summed E-state index contributed by atoms with van der Waals surface area (Å²) in [5, 5.41) is 2.76. The molecule has 0 atom stereocenters. The molecule has 0 unspecified atom stereocenters. The van der Waals surface area contributed by atoms with Gasteiger partial charge in [0.25, 0.3) is 5.91 Å². The molecule has 0 radical (unpaired) electrons. The third-order valence-electron chi connectivity index (χ3n) is 4.21. The molecular weight excluding hydrogens is 331 g/mol.